The van der Waals surface area contributed by atoms with Crippen LogP contribution in [0.25, 0.3) is 11.4 Å². The molecule has 3 aromatic rings. The van der Waals surface area contributed by atoms with E-state index in [1.807, 2.05) is 30.3 Å². The molecule has 0 radical (unpaired) electrons. The van der Waals surface area contributed by atoms with Gasteiger partial charge in [-0.3, -0.25) is 14.6 Å². The molecule has 1 amide bonds. The highest BCUT2D eigenvalue weighted by Gasteiger charge is 2.27. The van der Waals surface area contributed by atoms with E-state index in [1.54, 1.807) is 0 Å². The number of carbonyl (C=O) groups is 1. The van der Waals surface area contributed by atoms with Crippen LogP contribution in [0.4, 0.5) is 0 Å². The first-order valence-corrected chi connectivity index (χ1v) is 13.3. The number of nitrogens with one attached hydrogen (secondary N) is 1. The Morgan fingerprint density at radius 3 is 2.61 bits per heavy atom. The summed E-state index contributed by atoms with van der Waals surface area (Å²) in [7, 11) is 0. The number of nitrogens with zero attached hydrogens (tertiary/aromatic N) is 4. The van der Waals surface area contributed by atoms with Gasteiger partial charge in [-0.2, -0.15) is 4.98 Å². The van der Waals surface area contributed by atoms with E-state index < -0.39 is 0 Å². The predicted molar refractivity (Wildman–Crippen MR) is 140 cm³/mol. The minimum absolute atomic E-state index is 0.0196. The third kappa shape index (κ3) is 6.59. The van der Waals surface area contributed by atoms with E-state index >= 15 is 0 Å². The van der Waals surface area contributed by atoms with Crippen molar-refractivity contribution in [3.63, 3.8) is 0 Å². The molecule has 0 spiro atoms. The maximum atomic E-state index is 13.0. The van der Waals surface area contributed by atoms with Crippen molar-refractivity contribution < 1.29 is 9.32 Å². The molecule has 2 fully saturated rings. The molecule has 36 heavy (non-hydrogen) atoms. The lowest BCUT2D eigenvalue weighted by atomic mass is 9.97. The zero-order valence-electron chi connectivity index (χ0n) is 21.2. The minimum Gasteiger partial charge on any atom is -0.352 e. The number of hydrogen-bond donors (Lipinski definition) is 1. The van der Waals surface area contributed by atoms with Crippen LogP contribution in [0.2, 0.25) is 0 Å². The lowest BCUT2D eigenvalue weighted by Crippen LogP contribution is -2.42. The van der Waals surface area contributed by atoms with Crippen LogP contribution in [0.3, 0.4) is 0 Å². The number of carbonyl (C=O) groups excluding carboxylic acids is 1. The highest BCUT2D eigenvalue weighted by atomic mass is 16.5. The molecule has 2 aliphatic heterocycles. The molecule has 1 N–H and O–H groups in total. The van der Waals surface area contributed by atoms with E-state index in [0.717, 1.165) is 43.0 Å². The number of rotatable bonds is 8. The first kappa shape index (κ1) is 24.7. The van der Waals surface area contributed by atoms with Gasteiger partial charge in [0.25, 0.3) is 0 Å². The number of likely N-dealkylation sites (tertiary alicyclic amines) is 2. The fraction of sp³-hybridized carbons (Fsp3) is 0.483. The van der Waals surface area contributed by atoms with Gasteiger partial charge in [-0.05, 0) is 62.4 Å². The Bertz CT molecular complexity index is 1120. The van der Waals surface area contributed by atoms with Gasteiger partial charge >= 0.3 is 0 Å². The summed E-state index contributed by atoms with van der Waals surface area (Å²) in [6.07, 6.45) is 4.47. The summed E-state index contributed by atoms with van der Waals surface area (Å²) in [4.78, 5) is 22.3. The predicted octanol–water partition coefficient (Wildman–Crippen LogP) is 4.50. The van der Waals surface area contributed by atoms with Gasteiger partial charge in [0.1, 0.15) is 0 Å². The molecule has 0 bridgehead atoms. The molecule has 2 saturated heterocycles. The molecule has 0 saturated carbocycles. The van der Waals surface area contributed by atoms with Crippen molar-refractivity contribution in [1.29, 1.82) is 0 Å². The van der Waals surface area contributed by atoms with Crippen LogP contribution in [0.5, 0.6) is 0 Å². The van der Waals surface area contributed by atoms with E-state index in [2.05, 4.69) is 56.4 Å². The number of hydrogen-bond acceptors (Lipinski definition) is 6. The smallest absolute Gasteiger partial charge is 0.241 e. The second-order valence-electron chi connectivity index (χ2n) is 10.4. The lowest BCUT2D eigenvalue weighted by Gasteiger charge is -2.31. The van der Waals surface area contributed by atoms with Crippen LogP contribution in [-0.4, -0.2) is 52.0 Å². The first-order valence-electron chi connectivity index (χ1n) is 13.3. The number of amides is 1. The van der Waals surface area contributed by atoms with Gasteiger partial charge in [0, 0.05) is 25.2 Å². The van der Waals surface area contributed by atoms with Gasteiger partial charge in [-0.15, -0.1) is 0 Å². The molecule has 190 valence electrons. The lowest BCUT2D eigenvalue weighted by molar-refractivity contribution is -0.127. The molecule has 5 rings (SSSR count). The Kier molecular flexibility index (Phi) is 8.08. The summed E-state index contributed by atoms with van der Waals surface area (Å²) in [5.74, 6) is 2.15. The van der Waals surface area contributed by atoms with Crippen molar-refractivity contribution in [3.05, 3.63) is 71.6 Å². The highest BCUT2D eigenvalue weighted by Crippen LogP contribution is 2.21. The van der Waals surface area contributed by atoms with Crippen LogP contribution < -0.4 is 5.32 Å². The Hall–Kier alpha value is -3.03. The first-order chi connectivity index (χ1) is 17.6. The van der Waals surface area contributed by atoms with Crippen LogP contribution in [0.15, 0.2) is 59.1 Å². The van der Waals surface area contributed by atoms with Gasteiger partial charge in [-0.1, -0.05) is 66.7 Å². The van der Waals surface area contributed by atoms with Gasteiger partial charge in [-0.25, -0.2) is 0 Å². The highest BCUT2D eigenvalue weighted by molar-refractivity contribution is 5.79. The Labute approximate surface area is 213 Å². The second-order valence-corrected chi connectivity index (χ2v) is 10.4. The van der Waals surface area contributed by atoms with Crippen LogP contribution in [0, 0.1) is 11.8 Å². The Morgan fingerprint density at radius 2 is 1.78 bits per heavy atom. The zero-order valence-corrected chi connectivity index (χ0v) is 21.2. The quantitative estimate of drug-likeness (QED) is 0.504. The number of piperidine rings is 2. The fourth-order valence-corrected chi connectivity index (χ4v) is 5.28. The van der Waals surface area contributed by atoms with E-state index in [1.165, 1.54) is 31.5 Å². The summed E-state index contributed by atoms with van der Waals surface area (Å²) in [5.41, 5.74) is 3.44. The van der Waals surface area contributed by atoms with E-state index in [4.69, 9.17) is 4.52 Å². The average Bonchev–Trinajstić information content (AvgIpc) is 3.38. The van der Waals surface area contributed by atoms with Crippen molar-refractivity contribution in [2.75, 3.05) is 26.2 Å². The number of benzene rings is 2. The summed E-state index contributed by atoms with van der Waals surface area (Å²) in [6, 6.07) is 18.5. The third-order valence-corrected chi connectivity index (χ3v) is 7.48. The summed E-state index contributed by atoms with van der Waals surface area (Å²) < 4.78 is 5.49. The maximum Gasteiger partial charge on any atom is 0.241 e. The normalized spacial score (nSPS) is 19.9. The van der Waals surface area contributed by atoms with Gasteiger partial charge < -0.3 is 9.84 Å². The molecular formula is C29H37N5O2. The van der Waals surface area contributed by atoms with Gasteiger partial charge in [0.2, 0.25) is 17.6 Å². The van der Waals surface area contributed by atoms with Crippen molar-refractivity contribution in [1.82, 2.24) is 25.3 Å². The summed E-state index contributed by atoms with van der Waals surface area (Å²) in [6.45, 7) is 8.49. The molecule has 3 heterocycles. The van der Waals surface area contributed by atoms with E-state index in [-0.39, 0.29) is 11.8 Å². The fourth-order valence-electron chi connectivity index (χ4n) is 5.28. The van der Waals surface area contributed by atoms with Crippen molar-refractivity contribution in [2.45, 2.75) is 52.2 Å². The molecule has 2 aliphatic rings. The summed E-state index contributed by atoms with van der Waals surface area (Å²) >= 11 is 0. The molecule has 2 aromatic carbocycles. The Morgan fingerprint density at radius 1 is 0.972 bits per heavy atom. The molecule has 1 unspecified atom stereocenters. The van der Waals surface area contributed by atoms with Crippen molar-refractivity contribution in [2.24, 2.45) is 11.8 Å². The average molecular weight is 488 g/mol. The van der Waals surface area contributed by atoms with E-state index in [9.17, 15) is 4.79 Å². The Balaban J connectivity index is 1.10. The third-order valence-electron chi connectivity index (χ3n) is 7.48. The molecule has 1 aromatic heterocycles. The maximum absolute atomic E-state index is 13.0. The molecule has 1 atom stereocenters. The van der Waals surface area contributed by atoms with E-state index in [0.29, 0.717) is 31.3 Å². The van der Waals surface area contributed by atoms with Crippen LogP contribution >= 0.6 is 0 Å². The van der Waals surface area contributed by atoms with Crippen LogP contribution in [-0.2, 0) is 24.4 Å². The van der Waals surface area contributed by atoms with Crippen LogP contribution in [0.1, 0.15) is 49.6 Å². The van der Waals surface area contributed by atoms with Gasteiger partial charge in [0.05, 0.1) is 12.5 Å². The zero-order chi connectivity index (χ0) is 24.7. The van der Waals surface area contributed by atoms with Crippen molar-refractivity contribution in [3.8, 4) is 11.4 Å². The SMILES string of the molecule is CC1CCN(Cc2cccc(CNC(=O)C3CCCN(Cc4nc(-c5ccccc5)no4)C3)c2)CC1. The minimum atomic E-state index is -0.0196. The molecule has 7 nitrogen and oxygen atoms in total. The largest absolute Gasteiger partial charge is 0.352 e. The molecular weight excluding hydrogens is 450 g/mol. The molecule has 0 aliphatic carbocycles. The second kappa shape index (κ2) is 11.8. The topological polar surface area (TPSA) is 74.5 Å². The molecule has 7 heteroatoms. The standard InChI is InChI=1S/C29H37N5O2/c1-22-12-15-33(16-13-22)19-24-8-5-7-23(17-24)18-30-29(35)26-11-6-14-34(20-26)21-27-31-28(32-36-27)25-9-3-2-4-10-25/h2-5,7-10,17,22,26H,6,11-16,18-21H2,1H3,(H,30,35). The van der Waals surface area contributed by atoms with Gasteiger partial charge in [0.15, 0.2) is 0 Å². The monoisotopic (exact) mass is 487 g/mol. The summed E-state index contributed by atoms with van der Waals surface area (Å²) in [5, 5.41) is 7.31. The number of aromatic nitrogens is 2. The van der Waals surface area contributed by atoms with Crippen molar-refractivity contribution >= 4 is 5.91 Å².